The van der Waals surface area contributed by atoms with Crippen molar-refractivity contribution in [2.24, 2.45) is 0 Å². The monoisotopic (exact) mass is 528 g/mol. The Morgan fingerprint density at radius 1 is 1.23 bits per heavy atom. The van der Waals surface area contributed by atoms with Crippen LogP contribution < -0.4 is 21.1 Å². The SMILES string of the molecule is CCN/C1=C(\C(=N)OCc2ccccc2)C/C(=C/NC)C(=N)c2ccc(F)cc2[C@@H](C)Oc2cc1cnc2N. The van der Waals surface area contributed by atoms with Gasteiger partial charge in [-0.15, -0.1) is 0 Å². The number of pyridine rings is 1. The topological polar surface area (TPSA) is 129 Å². The first-order chi connectivity index (χ1) is 18.8. The second-order valence-electron chi connectivity index (χ2n) is 9.10. The molecule has 39 heavy (non-hydrogen) atoms. The molecule has 0 radical (unpaired) electrons. The van der Waals surface area contributed by atoms with Gasteiger partial charge in [-0.25, -0.2) is 9.37 Å². The zero-order valence-electron chi connectivity index (χ0n) is 22.3. The Morgan fingerprint density at radius 2 is 2.00 bits per heavy atom. The lowest BCUT2D eigenvalue weighted by Gasteiger charge is -2.24. The Labute approximate surface area is 227 Å². The number of fused-ring (bicyclic) bond motifs is 3. The van der Waals surface area contributed by atoms with Crippen LogP contribution in [0.15, 0.2) is 78.1 Å². The third kappa shape index (κ3) is 6.26. The van der Waals surface area contributed by atoms with Gasteiger partial charge in [0.1, 0.15) is 18.5 Å². The van der Waals surface area contributed by atoms with Gasteiger partial charge >= 0.3 is 0 Å². The lowest BCUT2D eigenvalue weighted by Crippen LogP contribution is -2.22. The fourth-order valence-corrected chi connectivity index (χ4v) is 4.45. The fourth-order valence-electron chi connectivity index (χ4n) is 4.45. The van der Waals surface area contributed by atoms with Gasteiger partial charge in [0.25, 0.3) is 0 Å². The first kappa shape index (κ1) is 27.4. The van der Waals surface area contributed by atoms with Gasteiger partial charge in [-0.1, -0.05) is 30.3 Å². The summed E-state index contributed by atoms with van der Waals surface area (Å²) in [5, 5.41) is 24.5. The van der Waals surface area contributed by atoms with Gasteiger partial charge in [0.15, 0.2) is 11.6 Å². The van der Waals surface area contributed by atoms with Crippen molar-refractivity contribution in [3.05, 3.63) is 106 Å². The molecule has 0 spiro atoms. The van der Waals surface area contributed by atoms with Crippen molar-refractivity contribution in [2.45, 2.75) is 33.0 Å². The summed E-state index contributed by atoms with van der Waals surface area (Å²) in [6.45, 7) is 4.51. The van der Waals surface area contributed by atoms with Crippen molar-refractivity contribution in [3.8, 4) is 5.75 Å². The highest BCUT2D eigenvalue weighted by atomic mass is 19.1. The normalized spacial score (nSPS) is 18.3. The maximum absolute atomic E-state index is 14.4. The number of allylic oxidation sites excluding steroid dienone is 1. The molecule has 9 heteroatoms. The molecule has 0 unspecified atom stereocenters. The van der Waals surface area contributed by atoms with Gasteiger partial charge in [-0.2, -0.15) is 0 Å². The summed E-state index contributed by atoms with van der Waals surface area (Å²) in [6, 6.07) is 15.6. The molecule has 8 nitrogen and oxygen atoms in total. The average molecular weight is 529 g/mol. The van der Waals surface area contributed by atoms with E-state index in [0.29, 0.717) is 45.8 Å². The summed E-state index contributed by atoms with van der Waals surface area (Å²) in [6.07, 6.45) is 2.89. The molecule has 1 aliphatic rings. The zero-order chi connectivity index (χ0) is 27.9. The Bertz CT molecular complexity index is 1430. The number of hydrogen-bond donors (Lipinski definition) is 5. The van der Waals surface area contributed by atoms with E-state index in [9.17, 15) is 4.39 Å². The number of benzene rings is 2. The smallest absolute Gasteiger partial charge is 0.211 e. The highest BCUT2D eigenvalue weighted by molar-refractivity contribution is 6.13. The Kier molecular flexibility index (Phi) is 8.60. The quantitative estimate of drug-likeness (QED) is 0.217. The van der Waals surface area contributed by atoms with Crippen LogP contribution >= 0.6 is 0 Å². The van der Waals surface area contributed by atoms with Crippen LogP contribution in [0.3, 0.4) is 0 Å². The van der Waals surface area contributed by atoms with E-state index in [4.69, 9.17) is 26.0 Å². The number of nitrogen functional groups attached to an aromatic ring is 1. The molecule has 0 saturated carbocycles. The van der Waals surface area contributed by atoms with E-state index in [1.165, 1.54) is 12.1 Å². The van der Waals surface area contributed by atoms with Gasteiger partial charge < -0.3 is 25.8 Å². The maximum atomic E-state index is 14.4. The standard InChI is InChI=1S/C30H33FN6O2/c1-4-36-28-21-13-26(29(33)37-16-21)39-18(2)24-14-22(31)10-11-23(24)27(32)20(15-35-3)12-25(28)30(34)38-17-19-8-6-5-7-9-19/h5-11,13-16,18,32,34-36H,4,12,17H2,1-3H3,(H2,33,37)/b20-15-,28-25-,32-27?,34-30?/t18-/m1/s1. The Balaban J connectivity index is 1.91. The Morgan fingerprint density at radius 3 is 2.72 bits per heavy atom. The lowest BCUT2D eigenvalue weighted by atomic mass is 9.90. The first-order valence-electron chi connectivity index (χ1n) is 12.7. The number of anilines is 1. The molecular weight excluding hydrogens is 495 g/mol. The molecule has 1 aliphatic heterocycles. The van der Waals surface area contributed by atoms with Crippen LogP contribution in [-0.2, 0) is 11.3 Å². The van der Waals surface area contributed by atoms with Crippen molar-refractivity contribution in [1.29, 1.82) is 10.8 Å². The van der Waals surface area contributed by atoms with Crippen LogP contribution in [0, 0.1) is 16.6 Å². The number of rotatable bonds is 6. The van der Waals surface area contributed by atoms with E-state index in [1.807, 2.05) is 37.3 Å². The number of ether oxygens (including phenoxy) is 2. The number of hydrogen-bond acceptors (Lipinski definition) is 8. The predicted octanol–water partition coefficient (Wildman–Crippen LogP) is 5.33. The number of nitrogens with zero attached hydrogens (tertiary/aromatic N) is 1. The minimum atomic E-state index is -0.621. The van der Waals surface area contributed by atoms with E-state index >= 15 is 0 Å². The molecule has 2 heterocycles. The number of halogens is 1. The second-order valence-corrected chi connectivity index (χ2v) is 9.10. The zero-order valence-corrected chi connectivity index (χ0v) is 22.3. The van der Waals surface area contributed by atoms with Crippen LogP contribution in [0.25, 0.3) is 5.70 Å². The highest BCUT2D eigenvalue weighted by Gasteiger charge is 2.25. The minimum absolute atomic E-state index is 0.0475. The Hall–Kier alpha value is -4.66. The van der Waals surface area contributed by atoms with Gasteiger partial charge in [-0.05, 0) is 49.2 Å². The molecule has 0 aliphatic carbocycles. The average Bonchev–Trinajstić information content (AvgIpc) is 2.94. The maximum Gasteiger partial charge on any atom is 0.211 e. The molecule has 6 N–H and O–H groups in total. The van der Waals surface area contributed by atoms with Crippen LogP contribution in [0.5, 0.6) is 5.75 Å². The number of nitrogens with one attached hydrogen (secondary N) is 4. The molecular formula is C30H33FN6O2. The van der Waals surface area contributed by atoms with Gasteiger partial charge in [0, 0.05) is 54.7 Å². The molecule has 1 atom stereocenters. The summed E-state index contributed by atoms with van der Waals surface area (Å²) in [4.78, 5) is 4.35. The third-order valence-electron chi connectivity index (χ3n) is 6.36. The fraction of sp³-hybridized carbons (Fsp3) is 0.233. The summed E-state index contributed by atoms with van der Waals surface area (Å²) in [7, 11) is 1.75. The van der Waals surface area contributed by atoms with Crippen molar-refractivity contribution in [3.63, 3.8) is 0 Å². The van der Waals surface area contributed by atoms with Crippen molar-refractivity contribution in [1.82, 2.24) is 15.6 Å². The van der Waals surface area contributed by atoms with Crippen LogP contribution in [0.2, 0.25) is 0 Å². The van der Waals surface area contributed by atoms with Crippen molar-refractivity contribution in [2.75, 3.05) is 19.3 Å². The molecule has 202 valence electrons. The molecule has 4 rings (SSSR count). The van der Waals surface area contributed by atoms with Crippen LogP contribution in [0.4, 0.5) is 10.2 Å². The molecule has 0 saturated heterocycles. The largest absolute Gasteiger partial charge is 0.482 e. The summed E-state index contributed by atoms with van der Waals surface area (Å²) >= 11 is 0. The van der Waals surface area contributed by atoms with Crippen LogP contribution in [0.1, 0.15) is 48.6 Å². The first-order valence-corrected chi connectivity index (χ1v) is 12.7. The summed E-state index contributed by atoms with van der Waals surface area (Å²) in [5.74, 6) is 0.0157. The third-order valence-corrected chi connectivity index (χ3v) is 6.36. The highest BCUT2D eigenvalue weighted by Crippen LogP contribution is 2.34. The van der Waals surface area contributed by atoms with E-state index in [1.54, 1.807) is 38.5 Å². The van der Waals surface area contributed by atoms with Gasteiger partial charge in [0.2, 0.25) is 5.90 Å². The minimum Gasteiger partial charge on any atom is -0.482 e. The van der Waals surface area contributed by atoms with Gasteiger partial charge in [0.05, 0.1) is 11.4 Å². The van der Waals surface area contributed by atoms with E-state index in [2.05, 4.69) is 15.6 Å². The predicted molar refractivity (Wildman–Crippen MR) is 152 cm³/mol. The summed E-state index contributed by atoms with van der Waals surface area (Å²) < 4.78 is 26.5. The van der Waals surface area contributed by atoms with Crippen molar-refractivity contribution < 1.29 is 13.9 Å². The molecule has 2 bridgehead atoms. The summed E-state index contributed by atoms with van der Waals surface area (Å²) in [5.41, 5.74) is 10.6. The van der Waals surface area contributed by atoms with E-state index in [-0.39, 0.29) is 30.5 Å². The molecule has 2 aromatic carbocycles. The molecule has 1 aromatic heterocycles. The number of aromatic nitrogens is 1. The van der Waals surface area contributed by atoms with E-state index in [0.717, 1.165) is 5.56 Å². The molecule has 0 fully saturated rings. The molecule has 3 aromatic rings. The second kappa shape index (κ2) is 12.3. The van der Waals surface area contributed by atoms with Crippen LogP contribution in [-0.4, -0.2) is 30.2 Å². The molecule has 0 amide bonds. The lowest BCUT2D eigenvalue weighted by molar-refractivity contribution is 0.227. The van der Waals surface area contributed by atoms with E-state index < -0.39 is 11.9 Å². The van der Waals surface area contributed by atoms with Gasteiger partial charge in [-0.3, -0.25) is 10.8 Å². The number of nitrogens with two attached hydrogens (primary N) is 1. The van der Waals surface area contributed by atoms with Crippen molar-refractivity contribution >= 4 is 23.1 Å².